The summed E-state index contributed by atoms with van der Waals surface area (Å²) in [6.07, 6.45) is 5.24. The molecule has 198 valence electrons. The highest BCUT2D eigenvalue weighted by atomic mass is 79.9. The number of hydrogen-bond acceptors (Lipinski definition) is 9. The van der Waals surface area contributed by atoms with E-state index in [4.69, 9.17) is 0 Å². The summed E-state index contributed by atoms with van der Waals surface area (Å²) >= 11 is 4.85. The van der Waals surface area contributed by atoms with Crippen LogP contribution < -0.4 is 10.6 Å². The van der Waals surface area contributed by atoms with Crippen molar-refractivity contribution >= 4 is 56.1 Å². The quantitative estimate of drug-likeness (QED) is 0.318. The number of nitro benzene ring substituents is 1. The normalized spacial score (nSPS) is 17.1. The van der Waals surface area contributed by atoms with Gasteiger partial charge in [0.2, 0.25) is 0 Å². The molecule has 1 fully saturated rings. The van der Waals surface area contributed by atoms with E-state index in [0.29, 0.717) is 49.1 Å². The van der Waals surface area contributed by atoms with Crippen LogP contribution >= 0.6 is 27.3 Å². The van der Waals surface area contributed by atoms with E-state index in [-0.39, 0.29) is 34.8 Å². The number of benzene rings is 1. The van der Waals surface area contributed by atoms with Crippen molar-refractivity contribution in [3.63, 3.8) is 0 Å². The van der Waals surface area contributed by atoms with E-state index in [0.717, 1.165) is 22.7 Å². The lowest BCUT2D eigenvalue weighted by molar-refractivity contribution is -0.384. The van der Waals surface area contributed by atoms with Gasteiger partial charge in [0.25, 0.3) is 17.5 Å². The Morgan fingerprint density at radius 3 is 2.82 bits per heavy atom. The molecule has 5 rings (SSSR count). The summed E-state index contributed by atoms with van der Waals surface area (Å²) < 4.78 is 0.450. The van der Waals surface area contributed by atoms with Crippen molar-refractivity contribution in [2.45, 2.75) is 31.8 Å². The second kappa shape index (κ2) is 11.0. The minimum Gasteiger partial charge on any atom is -0.387 e. The van der Waals surface area contributed by atoms with Crippen LogP contribution in [0.2, 0.25) is 0 Å². The van der Waals surface area contributed by atoms with Crippen LogP contribution in [0.1, 0.15) is 44.1 Å². The lowest BCUT2D eigenvalue weighted by atomic mass is 10.0. The van der Waals surface area contributed by atoms with Crippen molar-refractivity contribution in [1.82, 2.24) is 19.8 Å². The van der Waals surface area contributed by atoms with Gasteiger partial charge in [0.05, 0.1) is 39.5 Å². The van der Waals surface area contributed by atoms with Crippen LogP contribution in [0, 0.1) is 10.1 Å². The Balaban J connectivity index is 1.40. The van der Waals surface area contributed by atoms with Crippen molar-refractivity contribution in [3.8, 4) is 0 Å². The Bertz CT molecular complexity index is 1400. The summed E-state index contributed by atoms with van der Waals surface area (Å²) in [7, 11) is 1.76. The molecule has 3 aromatic rings. The zero-order valence-corrected chi connectivity index (χ0v) is 23.0. The second-order valence-corrected chi connectivity index (χ2v) is 11.1. The Kier molecular flexibility index (Phi) is 7.56. The first-order valence-electron chi connectivity index (χ1n) is 12.2. The summed E-state index contributed by atoms with van der Waals surface area (Å²) in [4.78, 5) is 51.4. The third-order valence-electron chi connectivity index (χ3n) is 6.81. The number of fused-ring (bicyclic) bond motifs is 1. The van der Waals surface area contributed by atoms with Crippen molar-refractivity contribution in [1.29, 1.82) is 0 Å². The van der Waals surface area contributed by atoms with Crippen molar-refractivity contribution in [3.05, 3.63) is 72.4 Å². The number of likely N-dealkylation sites (tertiary alicyclic amines) is 1. The number of nitrogens with one attached hydrogen (secondary N) is 2. The number of piperidine rings is 1. The molecule has 2 amide bonds. The average molecular weight is 600 g/mol. The van der Waals surface area contributed by atoms with Gasteiger partial charge in [-0.1, -0.05) is 15.9 Å². The number of carbonyl (C=O) groups is 2. The number of amides is 2. The molecule has 0 saturated carbocycles. The maximum atomic E-state index is 13.7. The van der Waals surface area contributed by atoms with E-state index in [1.54, 1.807) is 40.7 Å². The summed E-state index contributed by atoms with van der Waals surface area (Å²) in [6.45, 7) is 1.82. The molecule has 1 atom stereocenters. The van der Waals surface area contributed by atoms with Crippen LogP contribution in [0.4, 0.5) is 17.1 Å². The highest BCUT2D eigenvalue weighted by molar-refractivity contribution is 9.10. The largest absolute Gasteiger partial charge is 0.387 e. The van der Waals surface area contributed by atoms with E-state index < -0.39 is 4.92 Å². The summed E-state index contributed by atoms with van der Waals surface area (Å²) in [5, 5.41) is 18.3. The van der Waals surface area contributed by atoms with E-state index >= 15 is 0 Å². The zero-order valence-electron chi connectivity index (χ0n) is 20.6. The molecule has 2 aliphatic heterocycles. The number of pyridine rings is 1. The molecule has 1 saturated heterocycles. The van der Waals surface area contributed by atoms with Gasteiger partial charge >= 0.3 is 0 Å². The van der Waals surface area contributed by atoms with Gasteiger partial charge in [0.15, 0.2) is 0 Å². The van der Waals surface area contributed by atoms with E-state index in [2.05, 4.69) is 36.5 Å². The number of nitrogens with zero attached hydrogens (tertiary/aromatic N) is 5. The van der Waals surface area contributed by atoms with Crippen LogP contribution in [-0.4, -0.2) is 69.2 Å². The first kappa shape index (κ1) is 26.0. The zero-order chi connectivity index (χ0) is 26.8. The molecule has 0 radical (unpaired) electrons. The Hall–Kier alpha value is -3.58. The number of thiazole rings is 1. The van der Waals surface area contributed by atoms with Gasteiger partial charge < -0.3 is 20.4 Å². The predicted octanol–water partition coefficient (Wildman–Crippen LogP) is 4.17. The summed E-state index contributed by atoms with van der Waals surface area (Å²) in [5.74, 6) is -0.439. The standard InChI is InChI=1S/C25H26BrN7O4S/c1-27-18-7-15(10-28-11-18)24(34)31-5-2-3-17(12-31)30-23-19(8-16(26)9-21(23)33(36)37)25(35)32-6-4-20-22(13-32)38-14-29-20/h7-11,14,17,27,30H,2-6,12-13H2,1H3/t17-/m1/s1. The molecular formula is C25H26BrN7O4S. The number of aromatic nitrogens is 2. The average Bonchev–Trinajstić information content (AvgIpc) is 3.41. The molecule has 38 heavy (non-hydrogen) atoms. The monoisotopic (exact) mass is 599 g/mol. The molecule has 1 aromatic carbocycles. The SMILES string of the molecule is CNc1cncc(C(=O)N2CCC[C@@H](Nc3c(C(=O)N4CCc5ncsc5C4)cc(Br)cc3[N+](=O)[O-])C2)c1. The number of carbonyl (C=O) groups excluding carboxylic acids is 2. The van der Waals surface area contributed by atoms with Crippen molar-refractivity contribution < 1.29 is 14.5 Å². The lowest BCUT2D eigenvalue weighted by Gasteiger charge is -2.34. The molecule has 0 bridgehead atoms. The fourth-order valence-corrected chi connectivity index (χ4v) is 6.15. The maximum Gasteiger partial charge on any atom is 0.294 e. The Labute approximate surface area is 231 Å². The van der Waals surface area contributed by atoms with Crippen LogP contribution in [0.3, 0.4) is 0 Å². The number of rotatable bonds is 6. The van der Waals surface area contributed by atoms with Crippen molar-refractivity contribution in [2.75, 3.05) is 37.3 Å². The summed E-state index contributed by atoms with van der Waals surface area (Å²) in [5.41, 5.74) is 4.20. The molecule has 13 heteroatoms. The number of nitro groups is 1. The minimum atomic E-state index is -0.484. The number of anilines is 2. The number of hydrogen-bond donors (Lipinski definition) is 2. The van der Waals surface area contributed by atoms with Gasteiger partial charge in [-0.2, -0.15) is 0 Å². The van der Waals surface area contributed by atoms with Gasteiger partial charge in [-0.05, 0) is 25.0 Å². The predicted molar refractivity (Wildman–Crippen MR) is 148 cm³/mol. The molecule has 2 N–H and O–H groups in total. The first-order valence-corrected chi connectivity index (χ1v) is 13.9. The van der Waals surface area contributed by atoms with Gasteiger partial charge in [-0.3, -0.25) is 24.7 Å². The second-order valence-electron chi connectivity index (χ2n) is 9.25. The highest BCUT2D eigenvalue weighted by Gasteiger charge is 2.32. The van der Waals surface area contributed by atoms with E-state index in [1.165, 1.54) is 23.6 Å². The van der Waals surface area contributed by atoms with E-state index in [1.807, 2.05) is 0 Å². The third-order valence-corrected chi connectivity index (χ3v) is 8.12. The molecular weight excluding hydrogens is 574 g/mol. The molecule has 2 aromatic heterocycles. The van der Waals surface area contributed by atoms with Gasteiger partial charge in [0.1, 0.15) is 5.69 Å². The van der Waals surface area contributed by atoms with Crippen LogP contribution in [-0.2, 0) is 13.0 Å². The highest BCUT2D eigenvalue weighted by Crippen LogP contribution is 2.36. The van der Waals surface area contributed by atoms with Gasteiger partial charge in [0, 0.05) is 67.0 Å². The van der Waals surface area contributed by atoms with Gasteiger partial charge in [-0.15, -0.1) is 11.3 Å². The molecule has 4 heterocycles. The van der Waals surface area contributed by atoms with Crippen molar-refractivity contribution in [2.24, 2.45) is 0 Å². The first-order chi connectivity index (χ1) is 18.3. The lowest BCUT2D eigenvalue weighted by Crippen LogP contribution is -2.45. The number of halogens is 1. The fourth-order valence-electron chi connectivity index (χ4n) is 4.88. The Morgan fingerprint density at radius 2 is 2.03 bits per heavy atom. The molecule has 2 aliphatic rings. The van der Waals surface area contributed by atoms with Crippen LogP contribution in [0.25, 0.3) is 0 Å². The molecule has 11 nitrogen and oxygen atoms in total. The Morgan fingerprint density at radius 1 is 1.18 bits per heavy atom. The summed E-state index contributed by atoms with van der Waals surface area (Å²) in [6, 6.07) is 4.50. The molecule has 0 spiro atoms. The van der Waals surface area contributed by atoms with Crippen LogP contribution in [0.15, 0.2) is 40.6 Å². The molecule has 0 aliphatic carbocycles. The fraction of sp³-hybridized carbons (Fsp3) is 0.360. The topological polar surface area (TPSA) is 134 Å². The van der Waals surface area contributed by atoms with Crippen LogP contribution in [0.5, 0.6) is 0 Å². The smallest absolute Gasteiger partial charge is 0.294 e. The third kappa shape index (κ3) is 5.34. The minimum absolute atomic E-state index is 0.156. The molecule has 0 unspecified atom stereocenters. The van der Waals surface area contributed by atoms with E-state index in [9.17, 15) is 19.7 Å². The maximum absolute atomic E-state index is 13.7. The van der Waals surface area contributed by atoms with Gasteiger partial charge in [-0.25, -0.2) is 4.98 Å².